The van der Waals surface area contributed by atoms with Crippen LogP contribution in [0.2, 0.25) is 5.15 Å². The molecule has 7 heteroatoms. The van der Waals surface area contributed by atoms with Crippen molar-refractivity contribution in [2.75, 3.05) is 13.2 Å². The first-order chi connectivity index (χ1) is 14.7. The van der Waals surface area contributed by atoms with Crippen LogP contribution < -0.4 is 4.74 Å². The van der Waals surface area contributed by atoms with Crippen LogP contribution >= 0.6 is 11.6 Å². The Labute approximate surface area is 178 Å². The van der Waals surface area contributed by atoms with Crippen molar-refractivity contribution in [3.8, 4) is 22.6 Å². The summed E-state index contributed by atoms with van der Waals surface area (Å²) in [7, 11) is 0. The van der Waals surface area contributed by atoms with Crippen LogP contribution in [0.25, 0.3) is 22.2 Å². The Bertz CT molecular complexity index is 1180. The molecule has 1 unspecified atom stereocenters. The highest BCUT2D eigenvalue weighted by molar-refractivity contribution is 6.35. The van der Waals surface area contributed by atoms with E-state index in [1.807, 2.05) is 48.5 Å². The number of aromatic nitrogens is 3. The molecule has 5 rings (SSSR count). The predicted molar refractivity (Wildman–Crippen MR) is 115 cm³/mol. The topological polar surface area (TPSA) is 69.4 Å². The summed E-state index contributed by atoms with van der Waals surface area (Å²) in [5.41, 5.74) is 3.53. The fourth-order valence-electron chi connectivity index (χ4n) is 3.85. The van der Waals surface area contributed by atoms with Crippen LogP contribution in [0.5, 0.6) is 11.5 Å². The van der Waals surface area contributed by atoms with Crippen molar-refractivity contribution in [1.82, 2.24) is 14.5 Å². The summed E-state index contributed by atoms with van der Waals surface area (Å²) in [5, 5.41) is 10.8. The van der Waals surface area contributed by atoms with Gasteiger partial charge in [0.2, 0.25) is 0 Å². The van der Waals surface area contributed by atoms with E-state index in [1.54, 1.807) is 0 Å². The Morgan fingerprint density at radius 3 is 2.73 bits per heavy atom. The van der Waals surface area contributed by atoms with Crippen molar-refractivity contribution in [2.45, 2.75) is 19.1 Å². The third kappa shape index (κ3) is 3.43. The van der Waals surface area contributed by atoms with E-state index in [1.165, 1.54) is 6.33 Å². The Kier molecular flexibility index (Phi) is 5.12. The Balaban J connectivity index is 1.51. The van der Waals surface area contributed by atoms with E-state index in [9.17, 15) is 5.11 Å². The largest absolute Gasteiger partial charge is 0.457 e. The molecule has 1 fully saturated rings. The molecule has 0 radical (unpaired) electrons. The number of para-hydroxylation sites is 1. The van der Waals surface area contributed by atoms with Gasteiger partial charge in [0.15, 0.2) is 0 Å². The van der Waals surface area contributed by atoms with Crippen LogP contribution in [0.3, 0.4) is 0 Å². The predicted octanol–water partition coefficient (Wildman–Crippen LogP) is 5.00. The highest BCUT2D eigenvalue weighted by Gasteiger charge is 2.23. The molecule has 1 aliphatic heterocycles. The Hall–Kier alpha value is -2.93. The third-order valence-electron chi connectivity index (χ3n) is 5.40. The van der Waals surface area contributed by atoms with Gasteiger partial charge in [0.1, 0.15) is 28.6 Å². The van der Waals surface area contributed by atoms with Crippen molar-refractivity contribution in [1.29, 1.82) is 0 Å². The van der Waals surface area contributed by atoms with Crippen molar-refractivity contribution < 1.29 is 14.6 Å². The molecule has 0 aliphatic carbocycles. The zero-order valence-electron chi connectivity index (χ0n) is 16.2. The molecule has 0 spiro atoms. The molecule has 1 atom stereocenters. The summed E-state index contributed by atoms with van der Waals surface area (Å²) in [6.45, 7) is 1.35. The summed E-state index contributed by atoms with van der Waals surface area (Å²) >= 11 is 6.46. The van der Waals surface area contributed by atoms with E-state index in [0.717, 1.165) is 40.8 Å². The lowest BCUT2D eigenvalue weighted by Gasteiger charge is -2.10. The lowest BCUT2D eigenvalue weighted by Crippen LogP contribution is -2.07. The van der Waals surface area contributed by atoms with E-state index >= 15 is 0 Å². The van der Waals surface area contributed by atoms with Crippen LogP contribution in [0, 0.1) is 0 Å². The summed E-state index contributed by atoms with van der Waals surface area (Å²) in [6.07, 6.45) is 4.53. The molecule has 0 saturated carbocycles. The zero-order chi connectivity index (χ0) is 20.5. The molecule has 2 aromatic heterocycles. The number of aliphatic hydroxyl groups is 1. The van der Waals surface area contributed by atoms with E-state index in [-0.39, 0.29) is 12.6 Å². The average Bonchev–Trinajstić information content (AvgIpc) is 3.43. The third-order valence-corrected chi connectivity index (χ3v) is 5.68. The van der Waals surface area contributed by atoms with Crippen LogP contribution in [-0.2, 0) is 11.3 Å². The molecular formula is C23H20ClN3O3. The van der Waals surface area contributed by atoms with Gasteiger partial charge in [-0.15, -0.1) is 0 Å². The first-order valence-corrected chi connectivity index (χ1v) is 10.2. The number of rotatable bonds is 5. The molecule has 1 saturated heterocycles. The number of hydrogen-bond donors (Lipinski definition) is 1. The van der Waals surface area contributed by atoms with Crippen LogP contribution in [-0.4, -0.2) is 32.9 Å². The maximum absolute atomic E-state index is 9.49. The number of aliphatic hydroxyl groups excluding tert-OH is 1. The van der Waals surface area contributed by atoms with Gasteiger partial charge in [-0.25, -0.2) is 9.97 Å². The van der Waals surface area contributed by atoms with Crippen molar-refractivity contribution >= 4 is 22.6 Å². The SMILES string of the molecule is OCc1ccccc1Oc1ccc(-c2cn(C3CCOC3)c3ncnc(Cl)c23)cc1. The van der Waals surface area contributed by atoms with Gasteiger partial charge >= 0.3 is 0 Å². The van der Waals surface area contributed by atoms with Crippen molar-refractivity contribution in [3.63, 3.8) is 0 Å². The molecule has 2 aromatic carbocycles. The highest BCUT2D eigenvalue weighted by Crippen LogP contribution is 2.37. The number of fused-ring (bicyclic) bond motifs is 1. The number of halogens is 1. The van der Waals surface area contributed by atoms with Gasteiger partial charge < -0.3 is 19.1 Å². The minimum atomic E-state index is -0.0723. The van der Waals surface area contributed by atoms with E-state index in [0.29, 0.717) is 23.3 Å². The lowest BCUT2D eigenvalue weighted by molar-refractivity contribution is 0.187. The van der Waals surface area contributed by atoms with Gasteiger partial charge in [0, 0.05) is 23.9 Å². The molecule has 1 N–H and O–H groups in total. The van der Waals surface area contributed by atoms with Crippen molar-refractivity contribution in [3.05, 3.63) is 71.8 Å². The van der Waals surface area contributed by atoms with E-state index in [4.69, 9.17) is 21.1 Å². The molecule has 0 amide bonds. The molecule has 1 aliphatic rings. The maximum Gasteiger partial charge on any atom is 0.145 e. The van der Waals surface area contributed by atoms with Gasteiger partial charge in [-0.1, -0.05) is 41.9 Å². The second-order valence-corrected chi connectivity index (χ2v) is 7.58. The number of benzene rings is 2. The fraction of sp³-hybridized carbons (Fsp3) is 0.217. The van der Waals surface area contributed by atoms with Gasteiger partial charge in [0.25, 0.3) is 0 Å². The first-order valence-electron chi connectivity index (χ1n) is 9.80. The quantitative estimate of drug-likeness (QED) is 0.459. The summed E-state index contributed by atoms with van der Waals surface area (Å²) in [5.74, 6) is 1.33. The summed E-state index contributed by atoms with van der Waals surface area (Å²) in [6, 6.07) is 15.5. The highest BCUT2D eigenvalue weighted by atomic mass is 35.5. The van der Waals surface area contributed by atoms with Gasteiger partial charge in [-0.2, -0.15) is 0 Å². The molecule has 3 heterocycles. The number of nitrogens with zero attached hydrogens (tertiary/aromatic N) is 3. The van der Waals surface area contributed by atoms with Gasteiger partial charge in [-0.05, 0) is 30.2 Å². The van der Waals surface area contributed by atoms with Crippen LogP contribution in [0.15, 0.2) is 61.1 Å². The molecule has 30 heavy (non-hydrogen) atoms. The standard InChI is InChI=1S/C23H20ClN3O3/c24-22-21-19(11-27(17-9-10-29-13-17)23(21)26-14-25-22)15-5-7-18(8-6-15)30-20-4-2-1-3-16(20)12-28/h1-8,11,14,17,28H,9-10,12-13H2. The molecular weight excluding hydrogens is 402 g/mol. The van der Waals surface area contributed by atoms with Crippen LogP contribution in [0.1, 0.15) is 18.0 Å². The molecule has 6 nitrogen and oxygen atoms in total. The maximum atomic E-state index is 9.49. The molecule has 152 valence electrons. The van der Waals surface area contributed by atoms with Gasteiger partial charge in [0.05, 0.1) is 24.6 Å². The molecule has 0 bridgehead atoms. The average molecular weight is 422 g/mol. The first kappa shape index (κ1) is 19.1. The fourth-order valence-corrected chi connectivity index (χ4v) is 4.08. The number of hydrogen-bond acceptors (Lipinski definition) is 5. The molecule has 4 aromatic rings. The van der Waals surface area contributed by atoms with Crippen molar-refractivity contribution in [2.24, 2.45) is 0 Å². The van der Waals surface area contributed by atoms with E-state index in [2.05, 4.69) is 20.7 Å². The summed E-state index contributed by atoms with van der Waals surface area (Å²) < 4.78 is 13.7. The number of ether oxygens (including phenoxy) is 2. The second kappa shape index (κ2) is 8.07. The minimum Gasteiger partial charge on any atom is -0.457 e. The summed E-state index contributed by atoms with van der Waals surface area (Å²) in [4.78, 5) is 8.68. The second-order valence-electron chi connectivity index (χ2n) is 7.22. The zero-order valence-corrected chi connectivity index (χ0v) is 16.9. The Morgan fingerprint density at radius 2 is 1.97 bits per heavy atom. The normalized spacial score (nSPS) is 16.3. The van der Waals surface area contributed by atoms with Crippen LogP contribution in [0.4, 0.5) is 0 Å². The smallest absolute Gasteiger partial charge is 0.145 e. The lowest BCUT2D eigenvalue weighted by atomic mass is 10.1. The minimum absolute atomic E-state index is 0.0723. The monoisotopic (exact) mass is 421 g/mol. The Morgan fingerprint density at radius 1 is 1.13 bits per heavy atom. The van der Waals surface area contributed by atoms with Gasteiger partial charge in [-0.3, -0.25) is 0 Å². The van der Waals surface area contributed by atoms with E-state index < -0.39 is 0 Å².